The second kappa shape index (κ2) is 12.9. The van der Waals surface area contributed by atoms with Crippen molar-refractivity contribution >= 4 is 41.4 Å². The molecule has 0 radical (unpaired) electrons. The van der Waals surface area contributed by atoms with E-state index < -0.39 is 36.4 Å². The van der Waals surface area contributed by atoms with Crippen LogP contribution in [0, 0.1) is 0 Å². The highest BCUT2D eigenvalue weighted by Gasteiger charge is 2.40. The topological polar surface area (TPSA) is 166 Å². The first-order valence-electron chi connectivity index (χ1n) is 10.7. The third-order valence-electron chi connectivity index (χ3n) is 4.91. The van der Waals surface area contributed by atoms with Crippen LogP contribution in [0.4, 0.5) is 5.69 Å². The van der Waals surface area contributed by atoms with Crippen molar-refractivity contribution in [3.05, 3.63) is 52.5 Å². The predicted octanol–water partition coefficient (Wildman–Crippen LogP) is 2.67. The molecule has 0 saturated heterocycles. The molecule has 0 atom stereocenters. The molecule has 0 unspecified atom stereocenters. The Kier molecular flexibility index (Phi) is 10.2. The molecule has 1 heterocycles. The van der Waals surface area contributed by atoms with Gasteiger partial charge in [-0.3, -0.25) is 14.6 Å². The molecule has 4 N–H and O–H groups in total. The zero-order valence-corrected chi connectivity index (χ0v) is 20.4. The van der Waals surface area contributed by atoms with Gasteiger partial charge >= 0.3 is 17.9 Å². The minimum Gasteiger partial charge on any atom is -0.481 e. The summed E-state index contributed by atoms with van der Waals surface area (Å²) in [6.45, 7) is 1.22. The molecule has 0 saturated carbocycles. The summed E-state index contributed by atoms with van der Waals surface area (Å²) in [7, 11) is 4.12. The minimum absolute atomic E-state index is 0.271. The molecule has 0 aliphatic carbocycles. The normalized spacial score (nSPS) is 12.4. The molecule has 0 spiro atoms. The summed E-state index contributed by atoms with van der Waals surface area (Å²) in [6.07, 6.45) is 0.452. The summed E-state index contributed by atoms with van der Waals surface area (Å²) in [5, 5.41) is 34.5. The number of carbonyl (C=O) groups is 3. The number of ether oxygens (including phenoxy) is 2. The smallest absolute Gasteiger partial charge is 0.336 e. The van der Waals surface area contributed by atoms with Crippen LogP contribution in [0.2, 0.25) is 5.02 Å². The molecule has 0 aromatic heterocycles. The van der Waals surface area contributed by atoms with E-state index in [2.05, 4.69) is 24.0 Å². The SMILES string of the molecule is CN(C)CCc1cc2c(cc1N=Cc1ccc(Cl)cc1)OCO2.O=C(O)CC(O)(CC(=O)O)C(=O)O. The molecule has 1 aliphatic rings. The number of carboxylic acids is 3. The van der Waals surface area contributed by atoms with Gasteiger partial charge in [0.15, 0.2) is 17.1 Å². The quantitative estimate of drug-likeness (QED) is 0.340. The lowest BCUT2D eigenvalue weighted by molar-refractivity contribution is -0.170. The van der Waals surface area contributed by atoms with Crippen molar-refractivity contribution in [2.75, 3.05) is 27.4 Å². The summed E-state index contributed by atoms with van der Waals surface area (Å²) in [5.41, 5.74) is 0.322. The summed E-state index contributed by atoms with van der Waals surface area (Å²) < 4.78 is 10.9. The number of nitrogens with zero attached hydrogens (tertiary/aromatic N) is 2. The molecular weight excluding hydrogens is 496 g/mol. The number of rotatable bonds is 10. The fraction of sp³-hybridized carbons (Fsp3) is 0.333. The van der Waals surface area contributed by atoms with Crippen LogP contribution < -0.4 is 9.47 Å². The lowest BCUT2D eigenvalue weighted by Gasteiger charge is -2.18. The Morgan fingerprint density at radius 2 is 1.58 bits per heavy atom. The number of aliphatic hydroxyl groups is 1. The first-order valence-corrected chi connectivity index (χ1v) is 11.0. The summed E-state index contributed by atoms with van der Waals surface area (Å²) in [6, 6.07) is 11.6. The number of carboxylic acid groups (broad SMARTS) is 3. The maximum atomic E-state index is 10.3. The van der Waals surface area contributed by atoms with Gasteiger partial charge in [-0.05, 0) is 49.8 Å². The molecule has 194 valence electrons. The second-order valence-corrected chi connectivity index (χ2v) is 8.61. The van der Waals surface area contributed by atoms with E-state index in [4.69, 9.17) is 41.5 Å². The van der Waals surface area contributed by atoms with Crippen LogP contribution in [-0.4, -0.2) is 82.5 Å². The lowest BCUT2D eigenvalue weighted by Crippen LogP contribution is -2.42. The molecule has 3 rings (SSSR count). The molecule has 11 nitrogen and oxygen atoms in total. The van der Waals surface area contributed by atoms with Crippen molar-refractivity contribution in [2.45, 2.75) is 24.9 Å². The zero-order chi connectivity index (χ0) is 26.9. The van der Waals surface area contributed by atoms with Crippen LogP contribution in [0.3, 0.4) is 0 Å². The van der Waals surface area contributed by atoms with E-state index in [-0.39, 0.29) is 6.79 Å². The third kappa shape index (κ3) is 8.84. The van der Waals surface area contributed by atoms with Crippen molar-refractivity contribution in [2.24, 2.45) is 4.99 Å². The average molecular weight is 523 g/mol. The third-order valence-corrected chi connectivity index (χ3v) is 5.16. The summed E-state index contributed by atoms with van der Waals surface area (Å²) in [5.74, 6) is -3.47. The molecule has 2 aromatic rings. The van der Waals surface area contributed by atoms with Gasteiger partial charge in [-0.1, -0.05) is 23.7 Å². The first kappa shape index (κ1) is 28.6. The standard InChI is InChI=1S/C18H19ClN2O2.C6H8O7/c1-21(2)8-7-14-9-17-18(23-12-22-17)10-16(14)20-11-13-3-5-15(19)6-4-13;7-3(8)1-6(13,5(11)12)2-4(9)10/h3-6,9-11H,7-8,12H2,1-2H3;13H,1-2H2,(H,7,8)(H,9,10)(H,11,12). The van der Waals surface area contributed by atoms with Gasteiger partial charge in [0.05, 0.1) is 18.5 Å². The van der Waals surface area contributed by atoms with Gasteiger partial charge < -0.3 is 34.8 Å². The Morgan fingerprint density at radius 1 is 1.03 bits per heavy atom. The number of fused-ring (bicyclic) bond motifs is 1. The Labute approximate surface area is 212 Å². The van der Waals surface area contributed by atoms with Gasteiger partial charge in [-0.2, -0.15) is 0 Å². The van der Waals surface area contributed by atoms with Gasteiger partial charge in [-0.25, -0.2) is 4.79 Å². The maximum absolute atomic E-state index is 10.3. The van der Waals surface area contributed by atoms with Crippen LogP contribution in [0.15, 0.2) is 41.4 Å². The van der Waals surface area contributed by atoms with Gasteiger partial charge in [0.1, 0.15) is 0 Å². The largest absolute Gasteiger partial charge is 0.481 e. The monoisotopic (exact) mass is 522 g/mol. The molecule has 36 heavy (non-hydrogen) atoms. The molecule has 0 amide bonds. The number of hydrogen-bond donors (Lipinski definition) is 4. The Balaban J connectivity index is 0.000000302. The number of hydrogen-bond acceptors (Lipinski definition) is 8. The highest BCUT2D eigenvalue weighted by atomic mass is 35.5. The Morgan fingerprint density at radius 3 is 2.08 bits per heavy atom. The van der Waals surface area contributed by atoms with Crippen molar-refractivity contribution in [3.8, 4) is 11.5 Å². The van der Waals surface area contributed by atoms with Gasteiger partial charge in [0.25, 0.3) is 0 Å². The highest BCUT2D eigenvalue weighted by Crippen LogP contribution is 2.38. The Bertz CT molecular complexity index is 1100. The second-order valence-electron chi connectivity index (χ2n) is 8.17. The van der Waals surface area contributed by atoms with Crippen LogP contribution in [0.25, 0.3) is 0 Å². The fourth-order valence-electron chi connectivity index (χ4n) is 3.04. The molecule has 0 bridgehead atoms. The van der Waals surface area contributed by atoms with Gasteiger partial charge in [0, 0.05) is 23.8 Å². The highest BCUT2D eigenvalue weighted by molar-refractivity contribution is 6.30. The number of benzene rings is 2. The van der Waals surface area contributed by atoms with E-state index in [9.17, 15) is 14.4 Å². The van der Waals surface area contributed by atoms with Gasteiger partial charge in [0.2, 0.25) is 6.79 Å². The predicted molar refractivity (Wildman–Crippen MR) is 131 cm³/mol. The van der Waals surface area contributed by atoms with E-state index in [0.717, 1.165) is 46.3 Å². The average Bonchev–Trinajstić information content (AvgIpc) is 3.23. The summed E-state index contributed by atoms with van der Waals surface area (Å²) >= 11 is 5.91. The molecule has 0 fully saturated rings. The molecule has 12 heteroatoms. The van der Waals surface area contributed by atoms with Crippen molar-refractivity contribution < 1.29 is 44.3 Å². The molecule has 1 aliphatic heterocycles. The van der Waals surface area contributed by atoms with E-state index in [0.29, 0.717) is 0 Å². The maximum Gasteiger partial charge on any atom is 0.336 e. The van der Waals surface area contributed by atoms with Crippen molar-refractivity contribution in [3.63, 3.8) is 0 Å². The lowest BCUT2D eigenvalue weighted by atomic mass is 9.96. The first-order chi connectivity index (χ1) is 16.9. The van der Waals surface area contributed by atoms with E-state index >= 15 is 0 Å². The van der Waals surface area contributed by atoms with E-state index in [1.165, 1.54) is 0 Å². The van der Waals surface area contributed by atoms with Crippen LogP contribution in [0.1, 0.15) is 24.0 Å². The molecular formula is C24H27ClN2O9. The van der Waals surface area contributed by atoms with Crippen molar-refractivity contribution in [1.29, 1.82) is 0 Å². The fourth-order valence-corrected chi connectivity index (χ4v) is 3.17. The molecule has 2 aromatic carbocycles. The number of aliphatic imine (C=N–C) groups is 1. The number of aliphatic carboxylic acids is 3. The van der Waals surface area contributed by atoms with Crippen LogP contribution in [-0.2, 0) is 20.8 Å². The van der Waals surface area contributed by atoms with E-state index in [1.807, 2.05) is 42.6 Å². The number of halogens is 1. The van der Waals surface area contributed by atoms with Crippen LogP contribution in [0.5, 0.6) is 11.5 Å². The number of likely N-dealkylation sites (N-methyl/N-ethyl adjacent to an activating group) is 1. The van der Waals surface area contributed by atoms with Crippen LogP contribution >= 0.6 is 11.6 Å². The van der Waals surface area contributed by atoms with E-state index in [1.54, 1.807) is 0 Å². The van der Waals surface area contributed by atoms with Crippen molar-refractivity contribution in [1.82, 2.24) is 4.90 Å². The summed E-state index contributed by atoms with van der Waals surface area (Å²) in [4.78, 5) is 37.3. The Hall–Kier alpha value is -3.67. The zero-order valence-electron chi connectivity index (χ0n) is 19.7. The minimum atomic E-state index is -2.74. The van der Waals surface area contributed by atoms with Gasteiger partial charge in [-0.15, -0.1) is 0 Å².